The van der Waals surface area contributed by atoms with Crippen LogP contribution in [0, 0.1) is 5.92 Å². The second-order valence-electron chi connectivity index (χ2n) is 5.10. The molecule has 1 aromatic rings. The van der Waals surface area contributed by atoms with Gasteiger partial charge in [0, 0.05) is 38.6 Å². The minimum absolute atomic E-state index is 0. The van der Waals surface area contributed by atoms with Gasteiger partial charge in [-0.1, -0.05) is 6.92 Å². The molecular weight excluding hydrogens is 381 g/mol. The van der Waals surface area contributed by atoms with Crippen LogP contribution in [-0.4, -0.2) is 38.8 Å². The summed E-state index contributed by atoms with van der Waals surface area (Å²) in [5, 5.41) is 6.70. The highest BCUT2D eigenvalue weighted by atomic mass is 127. The highest BCUT2D eigenvalue weighted by Gasteiger charge is 2.15. The number of nitrogens with zero attached hydrogens (tertiary/aromatic N) is 1. The highest BCUT2D eigenvalue weighted by Crippen LogP contribution is 2.11. The van der Waals surface area contributed by atoms with Crippen molar-refractivity contribution in [2.24, 2.45) is 10.9 Å². The largest absolute Gasteiger partial charge is 0.469 e. The molecule has 1 saturated heterocycles. The molecule has 1 unspecified atom stereocenters. The number of ether oxygens (including phenoxy) is 1. The molecule has 2 rings (SSSR count). The van der Waals surface area contributed by atoms with Crippen LogP contribution in [0.15, 0.2) is 27.8 Å². The van der Waals surface area contributed by atoms with Crippen LogP contribution in [0.3, 0.4) is 0 Å². The summed E-state index contributed by atoms with van der Waals surface area (Å²) >= 11 is 0. The molecule has 6 heteroatoms. The Bertz CT molecular complexity index is 390. The Morgan fingerprint density at radius 1 is 1.38 bits per heavy atom. The van der Waals surface area contributed by atoms with Crippen LogP contribution in [-0.2, 0) is 11.2 Å². The number of hydrogen-bond donors (Lipinski definition) is 2. The fourth-order valence-corrected chi connectivity index (χ4v) is 2.12. The van der Waals surface area contributed by atoms with E-state index in [0.29, 0.717) is 5.92 Å². The van der Waals surface area contributed by atoms with Crippen LogP contribution >= 0.6 is 24.0 Å². The van der Waals surface area contributed by atoms with Crippen LogP contribution in [0.1, 0.15) is 25.5 Å². The Morgan fingerprint density at radius 2 is 2.24 bits per heavy atom. The lowest BCUT2D eigenvalue weighted by atomic mass is 10.1. The van der Waals surface area contributed by atoms with Gasteiger partial charge in [-0.15, -0.1) is 24.0 Å². The third kappa shape index (κ3) is 7.17. The van der Waals surface area contributed by atoms with Gasteiger partial charge in [0.1, 0.15) is 5.76 Å². The predicted octanol–water partition coefficient (Wildman–Crippen LogP) is 2.42. The number of rotatable bonds is 7. The summed E-state index contributed by atoms with van der Waals surface area (Å²) in [6, 6.07) is 3.91. The molecule has 1 atom stereocenters. The number of nitrogens with one attached hydrogen (secondary N) is 2. The molecule has 1 aromatic heterocycles. The first-order valence-corrected chi connectivity index (χ1v) is 7.50. The quantitative estimate of drug-likeness (QED) is 0.414. The van der Waals surface area contributed by atoms with Gasteiger partial charge < -0.3 is 19.8 Å². The molecule has 0 aromatic carbocycles. The van der Waals surface area contributed by atoms with Crippen molar-refractivity contribution in [3.8, 4) is 0 Å². The zero-order chi connectivity index (χ0) is 14.0. The Hall–Kier alpha value is -0.760. The molecule has 5 nitrogen and oxygen atoms in total. The minimum Gasteiger partial charge on any atom is -0.469 e. The van der Waals surface area contributed by atoms with Crippen LogP contribution in [0.25, 0.3) is 0 Å². The topological polar surface area (TPSA) is 58.8 Å². The van der Waals surface area contributed by atoms with Crippen molar-refractivity contribution in [3.63, 3.8) is 0 Å². The van der Waals surface area contributed by atoms with Crippen molar-refractivity contribution in [3.05, 3.63) is 24.2 Å². The number of furan rings is 1. The molecule has 0 radical (unpaired) electrons. The van der Waals surface area contributed by atoms with E-state index in [-0.39, 0.29) is 24.0 Å². The van der Waals surface area contributed by atoms with Crippen LogP contribution < -0.4 is 10.6 Å². The van der Waals surface area contributed by atoms with Gasteiger partial charge in [0.15, 0.2) is 5.96 Å². The predicted molar refractivity (Wildman–Crippen MR) is 95.4 cm³/mol. The Kier molecular flexibility index (Phi) is 9.49. The van der Waals surface area contributed by atoms with Gasteiger partial charge in [-0.05, 0) is 25.0 Å². The molecule has 0 aliphatic carbocycles. The maximum Gasteiger partial charge on any atom is 0.191 e. The molecule has 0 spiro atoms. The van der Waals surface area contributed by atoms with Crippen molar-refractivity contribution >= 4 is 29.9 Å². The minimum atomic E-state index is 0. The molecule has 0 amide bonds. The Morgan fingerprint density at radius 3 is 2.90 bits per heavy atom. The standard InChI is InChI=1S/C15H25N3O2.HI/c1-2-7-16-15(18-11-13-6-10-19-12-13)17-8-5-14-4-3-9-20-14;/h3-4,9,13H,2,5-8,10-12H2,1H3,(H2,16,17,18);1H. The van der Waals surface area contributed by atoms with Crippen molar-refractivity contribution in [2.75, 3.05) is 32.8 Å². The Balaban J connectivity index is 0.00000220. The normalized spacial score (nSPS) is 18.3. The number of hydrogen-bond acceptors (Lipinski definition) is 3. The second-order valence-corrected chi connectivity index (χ2v) is 5.10. The third-order valence-electron chi connectivity index (χ3n) is 3.32. The SMILES string of the molecule is CCCNC(=NCC1CCOC1)NCCc1ccco1.I. The lowest BCUT2D eigenvalue weighted by molar-refractivity contribution is 0.187. The smallest absolute Gasteiger partial charge is 0.191 e. The van der Waals surface area contributed by atoms with Gasteiger partial charge in [0.05, 0.1) is 12.9 Å². The van der Waals surface area contributed by atoms with E-state index in [9.17, 15) is 0 Å². The molecule has 2 heterocycles. The number of aliphatic imine (C=N–C) groups is 1. The van der Waals surface area contributed by atoms with Crippen LogP contribution in [0.5, 0.6) is 0 Å². The lowest BCUT2D eigenvalue weighted by Crippen LogP contribution is -2.39. The van der Waals surface area contributed by atoms with Crippen molar-refractivity contribution in [1.82, 2.24) is 10.6 Å². The fraction of sp³-hybridized carbons (Fsp3) is 0.667. The molecule has 1 fully saturated rings. The van der Waals surface area contributed by atoms with Crippen LogP contribution in [0.2, 0.25) is 0 Å². The highest BCUT2D eigenvalue weighted by molar-refractivity contribution is 14.0. The Labute approximate surface area is 143 Å². The summed E-state index contributed by atoms with van der Waals surface area (Å²) in [5.41, 5.74) is 0. The van der Waals surface area contributed by atoms with Crippen LogP contribution in [0.4, 0.5) is 0 Å². The summed E-state index contributed by atoms with van der Waals surface area (Å²) in [4.78, 5) is 4.65. The molecule has 120 valence electrons. The van der Waals surface area contributed by atoms with Gasteiger partial charge in [0.2, 0.25) is 0 Å². The summed E-state index contributed by atoms with van der Waals surface area (Å²) in [6.45, 7) is 6.47. The second kappa shape index (κ2) is 10.9. The van der Waals surface area contributed by atoms with E-state index in [1.807, 2.05) is 12.1 Å². The van der Waals surface area contributed by atoms with Gasteiger partial charge >= 0.3 is 0 Å². The molecule has 2 N–H and O–H groups in total. The molecule has 0 saturated carbocycles. The zero-order valence-corrected chi connectivity index (χ0v) is 15.0. The fourth-order valence-electron chi connectivity index (χ4n) is 2.12. The maximum absolute atomic E-state index is 5.38. The van der Waals surface area contributed by atoms with E-state index in [1.54, 1.807) is 6.26 Å². The summed E-state index contributed by atoms with van der Waals surface area (Å²) in [5.74, 6) is 2.46. The van der Waals surface area contributed by atoms with E-state index in [1.165, 1.54) is 0 Å². The van der Waals surface area contributed by atoms with E-state index < -0.39 is 0 Å². The number of halogens is 1. The lowest BCUT2D eigenvalue weighted by Gasteiger charge is -2.12. The summed E-state index contributed by atoms with van der Waals surface area (Å²) in [7, 11) is 0. The van der Waals surface area contributed by atoms with E-state index >= 15 is 0 Å². The first-order chi connectivity index (χ1) is 9.88. The van der Waals surface area contributed by atoms with Crippen molar-refractivity contribution in [1.29, 1.82) is 0 Å². The molecular formula is C15H26IN3O2. The summed E-state index contributed by atoms with van der Waals surface area (Å²) in [6.07, 6.45) is 4.79. The third-order valence-corrected chi connectivity index (χ3v) is 3.32. The maximum atomic E-state index is 5.38. The van der Waals surface area contributed by atoms with Crippen molar-refractivity contribution in [2.45, 2.75) is 26.2 Å². The van der Waals surface area contributed by atoms with Gasteiger partial charge in [-0.25, -0.2) is 0 Å². The average molecular weight is 407 g/mol. The van der Waals surface area contributed by atoms with Crippen molar-refractivity contribution < 1.29 is 9.15 Å². The molecule has 21 heavy (non-hydrogen) atoms. The summed E-state index contributed by atoms with van der Waals surface area (Å²) < 4.78 is 10.7. The first-order valence-electron chi connectivity index (χ1n) is 7.50. The van der Waals surface area contributed by atoms with E-state index in [2.05, 4.69) is 22.5 Å². The molecule has 0 bridgehead atoms. The molecule has 1 aliphatic rings. The average Bonchev–Trinajstić information content (AvgIpc) is 3.14. The van der Waals surface area contributed by atoms with Gasteiger partial charge in [-0.2, -0.15) is 0 Å². The van der Waals surface area contributed by atoms with Gasteiger partial charge in [0.25, 0.3) is 0 Å². The number of guanidine groups is 1. The van der Waals surface area contributed by atoms with E-state index in [4.69, 9.17) is 9.15 Å². The van der Waals surface area contributed by atoms with Gasteiger partial charge in [-0.3, -0.25) is 4.99 Å². The molecule has 1 aliphatic heterocycles. The zero-order valence-electron chi connectivity index (χ0n) is 12.6. The monoisotopic (exact) mass is 407 g/mol. The first kappa shape index (κ1) is 18.3. The van der Waals surface area contributed by atoms with E-state index in [0.717, 1.165) is 63.8 Å².